The normalized spacial score (nSPS) is 36.7. The van der Waals surface area contributed by atoms with Crippen LogP contribution < -0.4 is 11.1 Å². The predicted octanol–water partition coefficient (Wildman–Crippen LogP) is 1.70. The van der Waals surface area contributed by atoms with Crippen molar-refractivity contribution in [2.75, 3.05) is 0 Å². The molecule has 4 unspecified atom stereocenters. The average Bonchev–Trinajstić information content (AvgIpc) is 2.69. The summed E-state index contributed by atoms with van der Waals surface area (Å²) in [6, 6.07) is 2.35. The van der Waals surface area contributed by atoms with Gasteiger partial charge in [0.05, 0.1) is 17.9 Å². The third kappa shape index (κ3) is 3.02. The molecule has 100 valence electrons. The lowest BCUT2D eigenvalue weighted by molar-refractivity contribution is -0.126. The molecule has 0 spiro atoms. The predicted molar refractivity (Wildman–Crippen MR) is 69.4 cm³/mol. The first-order valence-corrected chi connectivity index (χ1v) is 7.18. The Kier molecular flexibility index (Phi) is 4.60. The highest BCUT2D eigenvalue weighted by atomic mass is 16.2. The van der Waals surface area contributed by atoms with E-state index in [2.05, 4.69) is 11.4 Å². The molecule has 2 aliphatic rings. The Morgan fingerprint density at radius 2 is 1.89 bits per heavy atom. The molecule has 0 heterocycles. The second-order valence-corrected chi connectivity index (χ2v) is 5.69. The number of nitriles is 1. The number of nitrogens with two attached hydrogens (primary N) is 1. The molecular weight excluding hydrogens is 226 g/mol. The van der Waals surface area contributed by atoms with Gasteiger partial charge in [-0.25, -0.2) is 0 Å². The SMILES string of the molecule is N#CC1CCCC1NC(=O)C1CCCCCC1N. The summed E-state index contributed by atoms with van der Waals surface area (Å²) in [5.41, 5.74) is 6.10. The lowest BCUT2D eigenvalue weighted by atomic mass is 9.93. The zero-order valence-electron chi connectivity index (χ0n) is 10.9. The zero-order chi connectivity index (χ0) is 13.0. The maximum absolute atomic E-state index is 12.3. The van der Waals surface area contributed by atoms with E-state index in [1.54, 1.807) is 0 Å². The van der Waals surface area contributed by atoms with Crippen molar-refractivity contribution in [3.63, 3.8) is 0 Å². The maximum Gasteiger partial charge on any atom is 0.224 e. The van der Waals surface area contributed by atoms with Gasteiger partial charge in [-0.1, -0.05) is 19.3 Å². The van der Waals surface area contributed by atoms with Crippen LogP contribution in [0.1, 0.15) is 51.4 Å². The van der Waals surface area contributed by atoms with Crippen LogP contribution in [0.15, 0.2) is 0 Å². The Morgan fingerprint density at radius 3 is 2.67 bits per heavy atom. The summed E-state index contributed by atoms with van der Waals surface area (Å²) in [7, 11) is 0. The Labute approximate surface area is 109 Å². The Bertz CT molecular complexity index is 336. The van der Waals surface area contributed by atoms with Gasteiger partial charge in [0.25, 0.3) is 0 Å². The fraction of sp³-hybridized carbons (Fsp3) is 0.857. The third-order valence-corrected chi connectivity index (χ3v) is 4.42. The number of amides is 1. The third-order valence-electron chi connectivity index (χ3n) is 4.42. The fourth-order valence-electron chi connectivity index (χ4n) is 3.24. The molecule has 0 saturated heterocycles. The van der Waals surface area contributed by atoms with E-state index >= 15 is 0 Å². The van der Waals surface area contributed by atoms with Gasteiger partial charge >= 0.3 is 0 Å². The van der Waals surface area contributed by atoms with E-state index in [0.717, 1.165) is 44.9 Å². The van der Waals surface area contributed by atoms with E-state index < -0.39 is 0 Å². The van der Waals surface area contributed by atoms with Gasteiger partial charge < -0.3 is 11.1 Å². The minimum Gasteiger partial charge on any atom is -0.352 e. The van der Waals surface area contributed by atoms with Crippen molar-refractivity contribution < 1.29 is 4.79 Å². The summed E-state index contributed by atoms with van der Waals surface area (Å²) in [6.45, 7) is 0. The number of nitrogens with one attached hydrogen (secondary N) is 1. The fourth-order valence-corrected chi connectivity index (χ4v) is 3.24. The van der Waals surface area contributed by atoms with E-state index in [9.17, 15) is 4.79 Å². The van der Waals surface area contributed by atoms with Gasteiger partial charge in [-0.3, -0.25) is 4.79 Å². The Balaban J connectivity index is 1.92. The molecule has 2 aliphatic carbocycles. The number of hydrogen-bond donors (Lipinski definition) is 2. The molecule has 1 amide bonds. The second kappa shape index (κ2) is 6.19. The van der Waals surface area contributed by atoms with Crippen LogP contribution in [0.3, 0.4) is 0 Å². The van der Waals surface area contributed by atoms with E-state index in [1.807, 2.05) is 0 Å². The van der Waals surface area contributed by atoms with Gasteiger partial charge in [-0.15, -0.1) is 0 Å². The maximum atomic E-state index is 12.3. The minimum atomic E-state index is -0.0487. The van der Waals surface area contributed by atoms with Crippen LogP contribution in [0.25, 0.3) is 0 Å². The molecule has 18 heavy (non-hydrogen) atoms. The van der Waals surface area contributed by atoms with Crippen LogP contribution in [-0.2, 0) is 4.79 Å². The van der Waals surface area contributed by atoms with Gasteiger partial charge in [0.2, 0.25) is 5.91 Å². The van der Waals surface area contributed by atoms with Crippen LogP contribution >= 0.6 is 0 Å². The summed E-state index contributed by atoms with van der Waals surface area (Å²) >= 11 is 0. The molecule has 0 aromatic rings. The molecule has 0 radical (unpaired) electrons. The van der Waals surface area contributed by atoms with E-state index in [1.165, 1.54) is 6.42 Å². The Hall–Kier alpha value is -1.08. The van der Waals surface area contributed by atoms with Crippen LogP contribution in [-0.4, -0.2) is 18.0 Å². The summed E-state index contributed by atoms with van der Waals surface area (Å²) in [4.78, 5) is 12.3. The average molecular weight is 249 g/mol. The van der Waals surface area contributed by atoms with Crippen LogP contribution in [0.4, 0.5) is 0 Å². The smallest absolute Gasteiger partial charge is 0.224 e. The summed E-state index contributed by atoms with van der Waals surface area (Å²) < 4.78 is 0. The molecule has 2 fully saturated rings. The number of nitrogens with zero attached hydrogens (tertiary/aromatic N) is 1. The topological polar surface area (TPSA) is 78.9 Å². The quantitative estimate of drug-likeness (QED) is 0.731. The van der Waals surface area contributed by atoms with Gasteiger partial charge in [0, 0.05) is 12.1 Å². The van der Waals surface area contributed by atoms with Crippen LogP contribution in [0.5, 0.6) is 0 Å². The summed E-state index contributed by atoms with van der Waals surface area (Å²) in [6.07, 6.45) is 8.15. The number of carbonyl (C=O) groups excluding carboxylic acids is 1. The van der Waals surface area contributed by atoms with Crippen molar-refractivity contribution >= 4 is 5.91 Å². The summed E-state index contributed by atoms with van der Waals surface area (Å²) in [5.74, 6) is 0.0277. The molecule has 0 bridgehead atoms. The Morgan fingerprint density at radius 1 is 1.11 bits per heavy atom. The highest BCUT2D eigenvalue weighted by Crippen LogP contribution is 2.27. The largest absolute Gasteiger partial charge is 0.352 e. The highest BCUT2D eigenvalue weighted by molar-refractivity contribution is 5.79. The molecule has 0 aromatic heterocycles. The number of hydrogen-bond acceptors (Lipinski definition) is 3. The first-order chi connectivity index (χ1) is 8.72. The van der Waals surface area contributed by atoms with Gasteiger partial charge in [0.15, 0.2) is 0 Å². The van der Waals surface area contributed by atoms with Crippen LogP contribution in [0, 0.1) is 23.2 Å². The van der Waals surface area contributed by atoms with Crippen molar-refractivity contribution in [2.45, 2.75) is 63.5 Å². The zero-order valence-corrected chi connectivity index (χ0v) is 10.9. The highest BCUT2D eigenvalue weighted by Gasteiger charge is 2.32. The molecule has 0 aliphatic heterocycles. The monoisotopic (exact) mass is 249 g/mol. The van der Waals surface area contributed by atoms with Crippen molar-refractivity contribution in [1.29, 1.82) is 5.26 Å². The van der Waals surface area contributed by atoms with E-state index in [0.29, 0.717) is 0 Å². The van der Waals surface area contributed by atoms with Gasteiger partial charge in [0.1, 0.15) is 0 Å². The first kappa shape index (κ1) is 13.4. The lowest BCUT2D eigenvalue weighted by Crippen LogP contribution is -2.46. The lowest BCUT2D eigenvalue weighted by Gasteiger charge is -2.24. The van der Waals surface area contributed by atoms with Gasteiger partial charge in [-0.2, -0.15) is 5.26 Å². The second-order valence-electron chi connectivity index (χ2n) is 5.69. The molecular formula is C14H23N3O. The molecule has 4 nitrogen and oxygen atoms in total. The minimum absolute atomic E-state index is 0.00375. The number of carbonyl (C=O) groups is 1. The standard InChI is InChI=1S/C14H23N3O/c15-9-10-5-4-8-13(10)17-14(18)11-6-2-1-3-7-12(11)16/h10-13H,1-8,16H2,(H,17,18). The van der Waals surface area contributed by atoms with E-state index in [-0.39, 0.29) is 29.8 Å². The summed E-state index contributed by atoms with van der Waals surface area (Å²) in [5, 5.41) is 12.1. The van der Waals surface area contributed by atoms with E-state index in [4.69, 9.17) is 11.0 Å². The molecule has 2 saturated carbocycles. The van der Waals surface area contributed by atoms with Crippen molar-refractivity contribution in [3.8, 4) is 6.07 Å². The van der Waals surface area contributed by atoms with Crippen molar-refractivity contribution in [2.24, 2.45) is 17.6 Å². The van der Waals surface area contributed by atoms with Crippen LogP contribution in [0.2, 0.25) is 0 Å². The molecule has 3 N–H and O–H groups in total. The van der Waals surface area contributed by atoms with Crippen molar-refractivity contribution in [3.05, 3.63) is 0 Å². The molecule has 4 atom stereocenters. The molecule has 4 heteroatoms. The van der Waals surface area contributed by atoms with Crippen molar-refractivity contribution in [1.82, 2.24) is 5.32 Å². The first-order valence-electron chi connectivity index (χ1n) is 7.18. The molecule has 2 rings (SSSR count). The number of rotatable bonds is 2. The molecule has 0 aromatic carbocycles. The van der Waals surface area contributed by atoms with Gasteiger partial charge in [-0.05, 0) is 32.1 Å².